The van der Waals surface area contributed by atoms with E-state index in [1.807, 2.05) is 48.5 Å². The Labute approximate surface area is 152 Å². The molecule has 0 unspecified atom stereocenters. The first-order valence-corrected chi connectivity index (χ1v) is 8.36. The first-order chi connectivity index (χ1) is 13.2. The molecule has 5 aromatic rings. The fraction of sp³-hybridized carbons (Fsp3) is 0. The van der Waals surface area contributed by atoms with E-state index in [2.05, 4.69) is 0 Å². The zero-order valence-electron chi connectivity index (χ0n) is 14.0. The predicted molar refractivity (Wildman–Crippen MR) is 102 cm³/mol. The van der Waals surface area contributed by atoms with Crippen molar-refractivity contribution in [3.05, 3.63) is 93.6 Å². The van der Waals surface area contributed by atoms with Crippen LogP contribution in [0, 0.1) is 0 Å². The van der Waals surface area contributed by atoms with Crippen molar-refractivity contribution in [3.63, 3.8) is 0 Å². The van der Waals surface area contributed by atoms with Gasteiger partial charge in [-0.3, -0.25) is 0 Å². The van der Waals surface area contributed by atoms with Crippen LogP contribution >= 0.6 is 0 Å². The number of hydrogen-bond acceptors (Lipinski definition) is 5. The predicted octanol–water partition coefficient (Wildman–Crippen LogP) is 4.83. The van der Waals surface area contributed by atoms with Crippen LogP contribution in [0.25, 0.3) is 44.6 Å². The van der Waals surface area contributed by atoms with Crippen molar-refractivity contribution in [2.75, 3.05) is 0 Å². The number of benzene rings is 2. The van der Waals surface area contributed by atoms with E-state index < -0.39 is 11.3 Å². The van der Waals surface area contributed by atoms with Crippen molar-refractivity contribution in [2.24, 2.45) is 0 Å². The third-order valence-corrected chi connectivity index (χ3v) is 4.41. The molecule has 0 saturated carbocycles. The fourth-order valence-corrected chi connectivity index (χ4v) is 3.13. The molecule has 0 bridgehead atoms. The molecular formula is C22H12O5. The van der Waals surface area contributed by atoms with E-state index in [9.17, 15) is 9.59 Å². The third kappa shape index (κ3) is 2.48. The Hall–Kier alpha value is -3.86. The molecule has 0 radical (unpaired) electrons. The van der Waals surface area contributed by atoms with Crippen molar-refractivity contribution in [3.8, 4) is 22.6 Å². The summed E-state index contributed by atoms with van der Waals surface area (Å²) in [6.07, 6.45) is 0. The lowest BCUT2D eigenvalue weighted by atomic mass is 10.1. The fourth-order valence-electron chi connectivity index (χ4n) is 3.13. The van der Waals surface area contributed by atoms with Crippen molar-refractivity contribution in [1.82, 2.24) is 0 Å². The van der Waals surface area contributed by atoms with Gasteiger partial charge in [0.2, 0.25) is 0 Å². The standard InChI is InChI=1S/C22H12O5/c23-21-15-11-16(13-7-3-1-4-8-13)25-20(15)19-18(27-21)12-17(26-22(19)24)14-9-5-2-6-10-14/h1-12H. The lowest BCUT2D eigenvalue weighted by Gasteiger charge is -2.02. The summed E-state index contributed by atoms with van der Waals surface area (Å²) in [6, 6.07) is 21.6. The third-order valence-electron chi connectivity index (χ3n) is 4.41. The monoisotopic (exact) mass is 356 g/mol. The van der Waals surface area contributed by atoms with Crippen LogP contribution in [0.4, 0.5) is 0 Å². The van der Waals surface area contributed by atoms with Gasteiger partial charge in [0.15, 0.2) is 11.2 Å². The summed E-state index contributed by atoms with van der Waals surface area (Å²) in [6.45, 7) is 0. The molecule has 5 nitrogen and oxygen atoms in total. The summed E-state index contributed by atoms with van der Waals surface area (Å²) >= 11 is 0. The van der Waals surface area contributed by atoms with Crippen molar-refractivity contribution < 1.29 is 13.3 Å². The SMILES string of the molecule is O=c1oc2cc(-c3ccccc3)oc(=O)c2c2oc(-c3ccccc3)cc12. The first kappa shape index (κ1) is 15.4. The van der Waals surface area contributed by atoms with Crippen LogP contribution in [0.5, 0.6) is 0 Å². The lowest BCUT2D eigenvalue weighted by molar-refractivity contribution is 0.518. The van der Waals surface area contributed by atoms with Crippen LogP contribution in [-0.4, -0.2) is 0 Å². The second-order valence-corrected chi connectivity index (χ2v) is 6.11. The Morgan fingerprint density at radius 2 is 1.19 bits per heavy atom. The van der Waals surface area contributed by atoms with Gasteiger partial charge in [-0.05, 0) is 6.07 Å². The van der Waals surface area contributed by atoms with Gasteiger partial charge in [-0.1, -0.05) is 60.7 Å². The Morgan fingerprint density at radius 3 is 1.81 bits per heavy atom. The van der Waals surface area contributed by atoms with Gasteiger partial charge >= 0.3 is 11.3 Å². The Morgan fingerprint density at radius 1 is 0.593 bits per heavy atom. The Kier molecular flexibility index (Phi) is 3.33. The molecule has 3 aromatic heterocycles. The van der Waals surface area contributed by atoms with Gasteiger partial charge in [0.1, 0.15) is 22.3 Å². The van der Waals surface area contributed by atoms with E-state index >= 15 is 0 Å². The highest BCUT2D eigenvalue weighted by Gasteiger charge is 2.19. The van der Waals surface area contributed by atoms with Crippen molar-refractivity contribution >= 4 is 21.9 Å². The summed E-state index contributed by atoms with van der Waals surface area (Å²) in [4.78, 5) is 25.1. The van der Waals surface area contributed by atoms with Crippen molar-refractivity contribution in [1.29, 1.82) is 0 Å². The maximum absolute atomic E-state index is 12.7. The first-order valence-electron chi connectivity index (χ1n) is 8.36. The number of furan rings is 1. The highest BCUT2D eigenvalue weighted by Crippen LogP contribution is 2.31. The molecule has 5 heteroatoms. The molecule has 0 spiro atoms. The average Bonchev–Trinajstić information content (AvgIpc) is 3.15. The second kappa shape index (κ2) is 5.85. The van der Waals surface area contributed by atoms with E-state index in [0.717, 1.165) is 5.56 Å². The maximum atomic E-state index is 12.7. The lowest BCUT2D eigenvalue weighted by Crippen LogP contribution is -2.05. The minimum Gasteiger partial charge on any atom is -0.455 e. The molecule has 5 rings (SSSR count). The zero-order valence-corrected chi connectivity index (χ0v) is 14.0. The summed E-state index contributed by atoms with van der Waals surface area (Å²) < 4.78 is 16.7. The molecule has 0 aliphatic carbocycles. The van der Waals surface area contributed by atoms with Gasteiger partial charge in [0, 0.05) is 17.2 Å². The molecule has 3 heterocycles. The van der Waals surface area contributed by atoms with Crippen molar-refractivity contribution in [2.45, 2.75) is 0 Å². The van der Waals surface area contributed by atoms with Gasteiger partial charge in [-0.2, -0.15) is 0 Å². The van der Waals surface area contributed by atoms with E-state index in [1.165, 1.54) is 6.07 Å². The van der Waals surface area contributed by atoms with E-state index in [1.54, 1.807) is 18.2 Å². The number of rotatable bonds is 2. The van der Waals surface area contributed by atoms with Gasteiger partial charge in [0.25, 0.3) is 0 Å². The van der Waals surface area contributed by atoms with Crippen LogP contribution in [-0.2, 0) is 0 Å². The van der Waals surface area contributed by atoms with Gasteiger partial charge < -0.3 is 13.3 Å². The average molecular weight is 356 g/mol. The van der Waals surface area contributed by atoms with Crippen LogP contribution in [0.15, 0.2) is 95.6 Å². The molecule has 0 N–H and O–H groups in total. The van der Waals surface area contributed by atoms with E-state index in [-0.39, 0.29) is 21.9 Å². The maximum Gasteiger partial charge on any atom is 0.351 e. The topological polar surface area (TPSA) is 73.6 Å². The minimum absolute atomic E-state index is 0.117. The summed E-state index contributed by atoms with van der Waals surface area (Å²) in [5.41, 5.74) is 0.641. The Balaban J connectivity index is 1.82. The molecular weight excluding hydrogens is 344 g/mol. The highest BCUT2D eigenvalue weighted by atomic mass is 16.4. The molecule has 2 aromatic carbocycles. The second-order valence-electron chi connectivity index (χ2n) is 6.11. The molecule has 0 fully saturated rings. The van der Waals surface area contributed by atoms with E-state index in [4.69, 9.17) is 13.3 Å². The molecule has 0 atom stereocenters. The minimum atomic E-state index is -0.617. The van der Waals surface area contributed by atoms with Crippen LogP contribution in [0.1, 0.15) is 0 Å². The molecule has 0 aliphatic rings. The number of hydrogen-bond donors (Lipinski definition) is 0. The summed E-state index contributed by atoms with van der Waals surface area (Å²) in [7, 11) is 0. The zero-order chi connectivity index (χ0) is 18.4. The summed E-state index contributed by atoms with van der Waals surface area (Å²) in [5, 5.41) is 0.326. The van der Waals surface area contributed by atoms with E-state index in [0.29, 0.717) is 17.1 Å². The van der Waals surface area contributed by atoms with Crippen LogP contribution in [0.2, 0.25) is 0 Å². The molecule has 0 saturated heterocycles. The van der Waals surface area contributed by atoms with Gasteiger partial charge in [-0.25, -0.2) is 9.59 Å². The highest BCUT2D eigenvalue weighted by molar-refractivity contribution is 6.01. The normalized spacial score (nSPS) is 11.3. The Bertz CT molecular complexity index is 1390. The van der Waals surface area contributed by atoms with Gasteiger partial charge in [-0.15, -0.1) is 0 Å². The molecule has 27 heavy (non-hydrogen) atoms. The van der Waals surface area contributed by atoms with Gasteiger partial charge in [0.05, 0.1) is 0 Å². The smallest absolute Gasteiger partial charge is 0.351 e. The largest absolute Gasteiger partial charge is 0.455 e. The molecule has 0 aliphatic heterocycles. The van der Waals surface area contributed by atoms with Crippen LogP contribution in [0.3, 0.4) is 0 Å². The quantitative estimate of drug-likeness (QED) is 0.453. The van der Waals surface area contributed by atoms with Crippen LogP contribution < -0.4 is 11.3 Å². The molecule has 0 amide bonds. The summed E-state index contributed by atoms with van der Waals surface area (Å²) in [5.74, 6) is 0.808. The number of fused-ring (bicyclic) bond motifs is 3. The molecule has 130 valence electrons.